The van der Waals surface area contributed by atoms with Crippen molar-refractivity contribution in [3.8, 4) is 0 Å². The van der Waals surface area contributed by atoms with Crippen molar-refractivity contribution < 1.29 is 18.0 Å². The smallest absolute Gasteiger partial charge is 0.264 e. The summed E-state index contributed by atoms with van der Waals surface area (Å²) in [4.78, 5) is 29.7. The number of amides is 2. The Balaban J connectivity index is 1.82. The van der Waals surface area contributed by atoms with Crippen LogP contribution in [0.5, 0.6) is 0 Å². The second-order valence-corrected chi connectivity index (χ2v) is 13.5. The second-order valence-electron chi connectivity index (χ2n) is 10.8. The van der Waals surface area contributed by atoms with Gasteiger partial charge in [0, 0.05) is 24.0 Å². The molecule has 1 N–H and O–H groups in total. The first-order valence-corrected chi connectivity index (χ1v) is 16.4. The molecule has 0 saturated carbocycles. The molecule has 10 heteroatoms. The Morgan fingerprint density at radius 3 is 2.07 bits per heavy atom. The predicted octanol–water partition coefficient (Wildman–Crippen LogP) is 6.66. The van der Waals surface area contributed by atoms with E-state index in [4.69, 9.17) is 23.2 Å². The first-order valence-electron chi connectivity index (χ1n) is 14.2. The van der Waals surface area contributed by atoms with Gasteiger partial charge in [0.2, 0.25) is 11.8 Å². The minimum atomic E-state index is -4.26. The third-order valence-electron chi connectivity index (χ3n) is 6.93. The predicted molar refractivity (Wildman–Crippen MR) is 176 cm³/mol. The number of rotatable bonds is 12. The van der Waals surface area contributed by atoms with Crippen LogP contribution in [0.25, 0.3) is 0 Å². The highest BCUT2D eigenvalue weighted by Crippen LogP contribution is 2.33. The van der Waals surface area contributed by atoms with E-state index in [1.807, 2.05) is 75.4 Å². The monoisotopic (exact) mass is 651 g/mol. The van der Waals surface area contributed by atoms with E-state index in [0.717, 1.165) is 21.0 Å². The lowest BCUT2D eigenvalue weighted by Crippen LogP contribution is -2.54. The molecule has 4 rings (SSSR count). The van der Waals surface area contributed by atoms with Crippen LogP contribution < -0.4 is 9.62 Å². The molecule has 1 atom stereocenters. The van der Waals surface area contributed by atoms with Gasteiger partial charge in [-0.25, -0.2) is 8.42 Å². The molecule has 7 nitrogen and oxygen atoms in total. The maximum Gasteiger partial charge on any atom is 0.264 e. The van der Waals surface area contributed by atoms with Crippen LogP contribution in [0.2, 0.25) is 10.0 Å². The van der Waals surface area contributed by atoms with Crippen LogP contribution >= 0.6 is 23.2 Å². The number of hydrogen-bond acceptors (Lipinski definition) is 4. The third kappa shape index (κ3) is 8.40. The normalized spacial score (nSPS) is 12.0. The Bertz CT molecular complexity index is 1700. The lowest BCUT2D eigenvalue weighted by atomic mass is 10.0. The molecule has 230 valence electrons. The Labute approximate surface area is 269 Å². The summed E-state index contributed by atoms with van der Waals surface area (Å²) < 4.78 is 29.1. The quantitative estimate of drug-likeness (QED) is 0.186. The maximum atomic E-state index is 14.5. The van der Waals surface area contributed by atoms with Gasteiger partial charge in [0.25, 0.3) is 10.0 Å². The maximum absolute atomic E-state index is 14.5. The number of anilines is 1. The van der Waals surface area contributed by atoms with Crippen molar-refractivity contribution >= 4 is 50.7 Å². The third-order valence-corrected chi connectivity index (χ3v) is 9.24. The van der Waals surface area contributed by atoms with Gasteiger partial charge in [-0.3, -0.25) is 13.9 Å². The first-order chi connectivity index (χ1) is 21.0. The average molecular weight is 653 g/mol. The van der Waals surface area contributed by atoms with Gasteiger partial charge in [0.15, 0.2) is 0 Å². The van der Waals surface area contributed by atoms with Gasteiger partial charge < -0.3 is 10.2 Å². The van der Waals surface area contributed by atoms with Gasteiger partial charge in [-0.2, -0.15) is 0 Å². The number of carbonyl (C=O) groups excluding carboxylic acids is 2. The summed E-state index contributed by atoms with van der Waals surface area (Å²) in [7, 11) is -4.26. The largest absolute Gasteiger partial charge is 0.352 e. The van der Waals surface area contributed by atoms with Gasteiger partial charge >= 0.3 is 0 Å². The number of aryl methyl sites for hydroxylation is 1. The zero-order chi connectivity index (χ0) is 31.9. The SMILES string of the molecule is Cc1cccc(CN(C(=O)CN(c2ccc(Cl)cc2Cl)S(=O)(=O)c2ccccc2)[C@H](Cc2ccccc2)C(=O)NC(C)C)c1. The van der Waals surface area contributed by atoms with Gasteiger partial charge in [0.05, 0.1) is 15.6 Å². The van der Waals surface area contributed by atoms with Crippen LogP contribution in [0.1, 0.15) is 30.5 Å². The van der Waals surface area contributed by atoms with Crippen molar-refractivity contribution in [2.75, 3.05) is 10.8 Å². The molecule has 0 heterocycles. The molecule has 0 aromatic heterocycles. The van der Waals surface area contributed by atoms with E-state index >= 15 is 0 Å². The van der Waals surface area contributed by atoms with Gasteiger partial charge in [-0.15, -0.1) is 0 Å². The minimum Gasteiger partial charge on any atom is -0.352 e. The number of halogens is 2. The summed E-state index contributed by atoms with van der Waals surface area (Å²) in [5.41, 5.74) is 2.74. The van der Waals surface area contributed by atoms with E-state index in [2.05, 4.69) is 5.32 Å². The molecular formula is C34H35Cl2N3O4S. The summed E-state index contributed by atoms with van der Waals surface area (Å²) in [5, 5.41) is 3.33. The Kier molecular flexibility index (Phi) is 11.1. The van der Waals surface area contributed by atoms with Crippen LogP contribution in [0.4, 0.5) is 5.69 Å². The lowest BCUT2D eigenvalue weighted by Gasteiger charge is -2.34. The summed E-state index contributed by atoms with van der Waals surface area (Å²) in [6, 6.07) is 28.2. The highest BCUT2D eigenvalue weighted by molar-refractivity contribution is 7.92. The fourth-order valence-corrected chi connectivity index (χ4v) is 6.87. The molecule has 0 saturated heterocycles. The molecule has 0 bridgehead atoms. The molecule has 4 aromatic rings. The van der Waals surface area contributed by atoms with E-state index in [1.165, 1.54) is 35.2 Å². The molecule has 2 amide bonds. The van der Waals surface area contributed by atoms with E-state index in [9.17, 15) is 18.0 Å². The number of sulfonamides is 1. The van der Waals surface area contributed by atoms with Crippen LogP contribution in [-0.4, -0.2) is 43.8 Å². The fourth-order valence-electron chi connectivity index (χ4n) is 4.86. The summed E-state index contributed by atoms with van der Waals surface area (Å²) in [5.74, 6) is -0.913. The zero-order valence-corrected chi connectivity index (χ0v) is 27.1. The standard InChI is InChI=1S/C34H35Cl2N3O4S/c1-24(2)37-34(41)32(20-26-12-6-4-7-13-26)38(22-27-14-10-11-25(3)19-27)33(40)23-39(31-18-17-28(35)21-30(31)36)44(42,43)29-15-8-5-9-16-29/h4-19,21,24,32H,20,22-23H2,1-3H3,(H,37,41)/t32-/m1/s1. The molecule has 0 aliphatic rings. The van der Waals surface area contributed by atoms with Crippen molar-refractivity contribution in [2.45, 2.75) is 50.7 Å². The van der Waals surface area contributed by atoms with Crippen molar-refractivity contribution in [2.24, 2.45) is 0 Å². The highest BCUT2D eigenvalue weighted by Gasteiger charge is 2.35. The Morgan fingerprint density at radius 2 is 1.45 bits per heavy atom. The highest BCUT2D eigenvalue weighted by atomic mass is 35.5. The van der Waals surface area contributed by atoms with Crippen LogP contribution in [0, 0.1) is 6.92 Å². The average Bonchev–Trinajstić information content (AvgIpc) is 2.98. The molecule has 0 aliphatic carbocycles. The molecular weight excluding hydrogens is 617 g/mol. The van der Waals surface area contributed by atoms with Crippen LogP contribution in [0.15, 0.2) is 108 Å². The fraction of sp³-hybridized carbons (Fsp3) is 0.235. The van der Waals surface area contributed by atoms with E-state index in [0.29, 0.717) is 5.02 Å². The van der Waals surface area contributed by atoms with Gasteiger partial charge in [0.1, 0.15) is 12.6 Å². The van der Waals surface area contributed by atoms with Crippen molar-refractivity contribution in [1.29, 1.82) is 0 Å². The molecule has 0 unspecified atom stereocenters. The van der Waals surface area contributed by atoms with Crippen molar-refractivity contribution in [1.82, 2.24) is 10.2 Å². The topological polar surface area (TPSA) is 86.8 Å². The molecule has 0 spiro atoms. The van der Waals surface area contributed by atoms with E-state index in [-0.39, 0.29) is 40.5 Å². The minimum absolute atomic E-state index is 0.0116. The summed E-state index contributed by atoms with van der Waals surface area (Å²) >= 11 is 12.7. The van der Waals surface area contributed by atoms with Crippen LogP contribution in [0.3, 0.4) is 0 Å². The molecule has 0 fully saturated rings. The van der Waals surface area contributed by atoms with E-state index < -0.39 is 28.5 Å². The number of hydrogen-bond donors (Lipinski definition) is 1. The zero-order valence-electron chi connectivity index (χ0n) is 24.8. The number of nitrogens with zero attached hydrogens (tertiary/aromatic N) is 2. The number of nitrogens with one attached hydrogen (secondary N) is 1. The van der Waals surface area contributed by atoms with E-state index in [1.54, 1.807) is 18.2 Å². The van der Waals surface area contributed by atoms with Crippen molar-refractivity contribution in [3.05, 3.63) is 130 Å². The second kappa shape index (κ2) is 14.8. The molecule has 4 aromatic carbocycles. The first kappa shape index (κ1) is 33.1. The van der Waals surface area contributed by atoms with Gasteiger partial charge in [-0.05, 0) is 62.2 Å². The van der Waals surface area contributed by atoms with Crippen molar-refractivity contribution in [3.63, 3.8) is 0 Å². The summed E-state index contributed by atoms with van der Waals surface area (Å²) in [6.45, 7) is 5.11. The molecule has 44 heavy (non-hydrogen) atoms. The Morgan fingerprint density at radius 1 is 0.818 bits per heavy atom. The number of benzene rings is 4. The Hall–Kier alpha value is -3.85. The molecule has 0 radical (unpaired) electrons. The van der Waals surface area contributed by atoms with Gasteiger partial charge in [-0.1, -0.05) is 102 Å². The number of carbonyl (C=O) groups is 2. The lowest BCUT2D eigenvalue weighted by molar-refractivity contribution is -0.140. The van der Waals surface area contributed by atoms with Crippen LogP contribution in [-0.2, 0) is 32.6 Å². The molecule has 0 aliphatic heterocycles. The summed E-state index contributed by atoms with van der Waals surface area (Å²) in [6.07, 6.45) is 0.226.